The minimum absolute atomic E-state index is 0.0306. The molecule has 2 rings (SSSR count). The fourth-order valence-corrected chi connectivity index (χ4v) is 2.46. The molecule has 0 saturated heterocycles. The van der Waals surface area contributed by atoms with E-state index >= 15 is 0 Å². The van der Waals surface area contributed by atoms with Crippen molar-refractivity contribution in [2.45, 2.75) is 33.1 Å². The Labute approximate surface area is 100 Å². The quantitative estimate of drug-likeness (QED) is 0.851. The van der Waals surface area contributed by atoms with Gasteiger partial charge in [0.15, 0.2) is 0 Å². The first-order chi connectivity index (χ1) is 7.99. The van der Waals surface area contributed by atoms with Gasteiger partial charge in [-0.15, -0.1) is 0 Å². The summed E-state index contributed by atoms with van der Waals surface area (Å²) >= 11 is 0. The van der Waals surface area contributed by atoms with Crippen LogP contribution in [0.2, 0.25) is 0 Å². The lowest BCUT2D eigenvalue weighted by molar-refractivity contribution is -0.137. The first-order valence-electron chi connectivity index (χ1n) is 5.79. The standard InChI is InChI=1S/C14H17NO2/c1-8-4-5-12-11(6-8)14(10(3)15-12)9(2)7-13(16)17/h4-6,9,15H,7H2,1-3H3,(H,16,17). The largest absolute Gasteiger partial charge is 0.481 e. The van der Waals surface area contributed by atoms with E-state index in [-0.39, 0.29) is 12.3 Å². The van der Waals surface area contributed by atoms with Crippen molar-refractivity contribution in [2.75, 3.05) is 0 Å². The predicted octanol–water partition coefficient (Wildman–Crippen LogP) is 3.36. The number of carbonyl (C=O) groups is 1. The van der Waals surface area contributed by atoms with Gasteiger partial charge in [-0.25, -0.2) is 0 Å². The molecule has 0 aliphatic carbocycles. The average Bonchev–Trinajstić information content (AvgIpc) is 2.52. The number of nitrogens with one attached hydrogen (secondary N) is 1. The number of H-pyrrole nitrogens is 1. The van der Waals surface area contributed by atoms with Gasteiger partial charge in [0.05, 0.1) is 6.42 Å². The second-order valence-electron chi connectivity index (χ2n) is 4.71. The number of rotatable bonds is 3. The van der Waals surface area contributed by atoms with Gasteiger partial charge < -0.3 is 10.1 Å². The molecule has 90 valence electrons. The van der Waals surface area contributed by atoms with Crippen LogP contribution in [-0.2, 0) is 4.79 Å². The van der Waals surface area contributed by atoms with Crippen LogP contribution in [-0.4, -0.2) is 16.1 Å². The first kappa shape index (κ1) is 11.7. The molecule has 2 N–H and O–H groups in total. The summed E-state index contributed by atoms with van der Waals surface area (Å²) in [4.78, 5) is 14.1. The zero-order chi connectivity index (χ0) is 12.6. The lowest BCUT2D eigenvalue weighted by atomic mass is 9.94. The van der Waals surface area contributed by atoms with Crippen molar-refractivity contribution < 1.29 is 9.90 Å². The monoisotopic (exact) mass is 231 g/mol. The van der Waals surface area contributed by atoms with E-state index in [1.807, 2.05) is 20.8 Å². The Balaban J connectivity index is 2.55. The predicted molar refractivity (Wildman–Crippen MR) is 68.4 cm³/mol. The van der Waals surface area contributed by atoms with E-state index in [9.17, 15) is 4.79 Å². The molecule has 0 radical (unpaired) electrons. The third kappa shape index (κ3) is 2.18. The molecule has 0 bridgehead atoms. The van der Waals surface area contributed by atoms with Crippen molar-refractivity contribution in [3.8, 4) is 0 Å². The third-order valence-corrected chi connectivity index (χ3v) is 3.17. The molecule has 1 aromatic carbocycles. The summed E-state index contributed by atoms with van der Waals surface area (Å²) in [7, 11) is 0. The third-order valence-electron chi connectivity index (χ3n) is 3.17. The molecule has 17 heavy (non-hydrogen) atoms. The SMILES string of the molecule is Cc1ccc2[nH]c(C)c(C(C)CC(=O)O)c2c1. The number of carboxylic acids is 1. The van der Waals surface area contributed by atoms with Gasteiger partial charge in [0, 0.05) is 16.6 Å². The summed E-state index contributed by atoms with van der Waals surface area (Å²) in [6, 6.07) is 6.23. The number of hydrogen-bond donors (Lipinski definition) is 2. The molecule has 0 fully saturated rings. The van der Waals surface area contributed by atoms with Crippen LogP contribution in [0.4, 0.5) is 0 Å². The number of aliphatic carboxylic acids is 1. The molecule has 1 aromatic heterocycles. The summed E-state index contributed by atoms with van der Waals surface area (Å²) in [5.41, 5.74) is 4.48. The summed E-state index contributed by atoms with van der Waals surface area (Å²) in [5.74, 6) is -0.720. The van der Waals surface area contributed by atoms with Gasteiger partial charge in [-0.2, -0.15) is 0 Å². The highest BCUT2D eigenvalue weighted by molar-refractivity contribution is 5.86. The lowest BCUT2D eigenvalue weighted by Gasteiger charge is -2.09. The maximum Gasteiger partial charge on any atom is 0.303 e. The van der Waals surface area contributed by atoms with Gasteiger partial charge in [-0.05, 0) is 37.5 Å². The summed E-state index contributed by atoms with van der Waals surface area (Å²) in [6.07, 6.45) is 0.168. The smallest absolute Gasteiger partial charge is 0.303 e. The molecule has 1 unspecified atom stereocenters. The van der Waals surface area contributed by atoms with Crippen LogP contribution < -0.4 is 0 Å². The Morgan fingerprint density at radius 3 is 2.76 bits per heavy atom. The van der Waals surface area contributed by atoms with Gasteiger partial charge in [0.25, 0.3) is 0 Å². The normalized spacial score (nSPS) is 12.9. The highest BCUT2D eigenvalue weighted by atomic mass is 16.4. The van der Waals surface area contributed by atoms with Crippen LogP contribution >= 0.6 is 0 Å². The topological polar surface area (TPSA) is 53.1 Å². The van der Waals surface area contributed by atoms with Crippen molar-refractivity contribution in [1.82, 2.24) is 4.98 Å². The van der Waals surface area contributed by atoms with E-state index in [0.29, 0.717) is 0 Å². The minimum atomic E-state index is -0.751. The number of aryl methyl sites for hydroxylation is 2. The van der Waals surface area contributed by atoms with Crippen LogP contribution in [0.1, 0.15) is 36.1 Å². The van der Waals surface area contributed by atoms with Gasteiger partial charge in [-0.1, -0.05) is 18.6 Å². The maximum absolute atomic E-state index is 10.8. The molecule has 3 nitrogen and oxygen atoms in total. The van der Waals surface area contributed by atoms with E-state index in [2.05, 4.69) is 23.2 Å². The van der Waals surface area contributed by atoms with E-state index in [1.165, 1.54) is 5.56 Å². The molecular formula is C14H17NO2. The number of aromatic amines is 1. The summed E-state index contributed by atoms with van der Waals surface area (Å²) in [5, 5.41) is 10.0. The second-order valence-corrected chi connectivity index (χ2v) is 4.71. The van der Waals surface area contributed by atoms with Crippen molar-refractivity contribution in [1.29, 1.82) is 0 Å². The zero-order valence-electron chi connectivity index (χ0n) is 10.4. The highest BCUT2D eigenvalue weighted by Gasteiger charge is 2.17. The average molecular weight is 231 g/mol. The van der Waals surface area contributed by atoms with Gasteiger partial charge in [-0.3, -0.25) is 4.79 Å². The molecule has 1 heterocycles. The van der Waals surface area contributed by atoms with Crippen molar-refractivity contribution in [3.05, 3.63) is 35.0 Å². The van der Waals surface area contributed by atoms with E-state index in [1.54, 1.807) is 0 Å². The van der Waals surface area contributed by atoms with Gasteiger partial charge >= 0.3 is 5.97 Å². The molecule has 0 spiro atoms. The number of carboxylic acid groups (broad SMARTS) is 1. The molecule has 1 atom stereocenters. The highest BCUT2D eigenvalue weighted by Crippen LogP contribution is 2.31. The Kier molecular flexibility index (Phi) is 2.92. The molecule has 0 aliphatic heterocycles. The van der Waals surface area contributed by atoms with E-state index < -0.39 is 5.97 Å². The lowest BCUT2D eigenvalue weighted by Crippen LogP contribution is -2.03. The molecule has 0 amide bonds. The minimum Gasteiger partial charge on any atom is -0.481 e. The number of benzene rings is 1. The molecular weight excluding hydrogens is 214 g/mol. The fourth-order valence-electron chi connectivity index (χ4n) is 2.46. The van der Waals surface area contributed by atoms with E-state index in [4.69, 9.17) is 5.11 Å². The van der Waals surface area contributed by atoms with Crippen LogP contribution in [0.15, 0.2) is 18.2 Å². The van der Waals surface area contributed by atoms with Crippen molar-refractivity contribution in [2.24, 2.45) is 0 Å². The van der Waals surface area contributed by atoms with E-state index in [0.717, 1.165) is 22.2 Å². The number of hydrogen-bond acceptors (Lipinski definition) is 1. The second kappa shape index (κ2) is 4.24. The fraction of sp³-hybridized carbons (Fsp3) is 0.357. The van der Waals surface area contributed by atoms with Crippen LogP contribution in [0, 0.1) is 13.8 Å². The molecule has 2 aromatic rings. The Bertz CT molecular complexity index is 569. The summed E-state index contributed by atoms with van der Waals surface area (Å²) in [6.45, 7) is 6.02. The molecule has 3 heteroatoms. The molecule has 0 saturated carbocycles. The van der Waals surface area contributed by atoms with Crippen molar-refractivity contribution in [3.63, 3.8) is 0 Å². The summed E-state index contributed by atoms with van der Waals surface area (Å²) < 4.78 is 0. The van der Waals surface area contributed by atoms with Crippen LogP contribution in [0.5, 0.6) is 0 Å². The van der Waals surface area contributed by atoms with Crippen LogP contribution in [0.25, 0.3) is 10.9 Å². The van der Waals surface area contributed by atoms with Gasteiger partial charge in [0.2, 0.25) is 0 Å². The zero-order valence-corrected chi connectivity index (χ0v) is 10.4. The number of aromatic nitrogens is 1. The molecule has 0 aliphatic rings. The van der Waals surface area contributed by atoms with Crippen molar-refractivity contribution >= 4 is 16.9 Å². The Morgan fingerprint density at radius 1 is 1.41 bits per heavy atom. The van der Waals surface area contributed by atoms with Gasteiger partial charge in [0.1, 0.15) is 0 Å². The Hall–Kier alpha value is -1.77. The first-order valence-corrected chi connectivity index (χ1v) is 5.79. The number of fused-ring (bicyclic) bond motifs is 1. The van der Waals surface area contributed by atoms with Crippen LogP contribution in [0.3, 0.4) is 0 Å². The Morgan fingerprint density at radius 2 is 2.12 bits per heavy atom. The maximum atomic E-state index is 10.8.